The number of hydrogen-bond donors (Lipinski definition) is 1. The van der Waals surface area contributed by atoms with Gasteiger partial charge in [0.2, 0.25) is 5.96 Å². The van der Waals surface area contributed by atoms with Gasteiger partial charge in [-0.15, -0.1) is 0 Å². The minimum atomic E-state index is -0.366. The highest BCUT2D eigenvalue weighted by Crippen LogP contribution is 2.39. The minimum absolute atomic E-state index is 0.366. The molecule has 0 spiro atoms. The summed E-state index contributed by atoms with van der Waals surface area (Å²) in [5, 5.41) is 8.13. The number of amidine groups is 1. The molecule has 0 aliphatic carbocycles. The topological polar surface area (TPSA) is 54.8 Å². The Labute approximate surface area is 288 Å². The van der Waals surface area contributed by atoms with Crippen molar-refractivity contribution in [3.8, 4) is 22.3 Å². The number of rotatable bonds is 4. The van der Waals surface area contributed by atoms with Crippen molar-refractivity contribution in [3.63, 3.8) is 0 Å². The summed E-state index contributed by atoms with van der Waals surface area (Å²) in [6.45, 7) is 0. The van der Waals surface area contributed by atoms with Crippen molar-refractivity contribution in [1.82, 2.24) is 9.88 Å². The SMILES string of the molecule is c1ccc(-c2ccc3c4ccccc4n(C4=NC(c5ccccc5)NC(c5cccc6oc7cccc(-c8ccccc8)c7c56)=N4)c3c2)cc1. The lowest BCUT2D eigenvalue weighted by atomic mass is 9.97. The van der Waals surface area contributed by atoms with Crippen LogP contribution in [0.1, 0.15) is 17.3 Å². The number of fused-ring (bicyclic) bond motifs is 6. The van der Waals surface area contributed by atoms with Gasteiger partial charge in [0.05, 0.1) is 11.0 Å². The van der Waals surface area contributed by atoms with Gasteiger partial charge in [0.1, 0.15) is 23.2 Å². The second-order valence-corrected chi connectivity index (χ2v) is 12.6. The van der Waals surface area contributed by atoms with E-state index in [-0.39, 0.29) is 6.17 Å². The number of aromatic nitrogens is 1. The van der Waals surface area contributed by atoms with E-state index in [0.29, 0.717) is 5.96 Å². The van der Waals surface area contributed by atoms with Crippen LogP contribution in [0.15, 0.2) is 184 Å². The Hall–Kier alpha value is -6.72. The van der Waals surface area contributed by atoms with Gasteiger partial charge in [0.25, 0.3) is 0 Å². The lowest BCUT2D eigenvalue weighted by molar-refractivity contribution is 0.666. The molecule has 0 amide bonds. The number of aliphatic imine (C=N–C) groups is 2. The smallest absolute Gasteiger partial charge is 0.234 e. The zero-order chi connectivity index (χ0) is 33.0. The number of nitrogens with one attached hydrogen (secondary N) is 1. The molecule has 0 saturated heterocycles. The predicted molar refractivity (Wildman–Crippen MR) is 206 cm³/mol. The quantitative estimate of drug-likeness (QED) is 0.208. The van der Waals surface area contributed by atoms with Gasteiger partial charge >= 0.3 is 0 Å². The molecule has 236 valence electrons. The fourth-order valence-corrected chi connectivity index (χ4v) is 7.40. The van der Waals surface area contributed by atoms with Gasteiger partial charge in [0.15, 0.2) is 0 Å². The first-order valence-corrected chi connectivity index (χ1v) is 16.9. The largest absolute Gasteiger partial charge is 0.456 e. The fourth-order valence-electron chi connectivity index (χ4n) is 7.40. The first-order chi connectivity index (χ1) is 24.8. The van der Waals surface area contributed by atoms with E-state index in [0.717, 1.165) is 83.0 Å². The monoisotopic (exact) mass is 642 g/mol. The zero-order valence-corrected chi connectivity index (χ0v) is 27.0. The van der Waals surface area contributed by atoms with Crippen LogP contribution in [0.4, 0.5) is 0 Å². The number of furan rings is 1. The van der Waals surface area contributed by atoms with Crippen molar-refractivity contribution in [2.45, 2.75) is 6.17 Å². The van der Waals surface area contributed by atoms with Crippen molar-refractivity contribution in [1.29, 1.82) is 0 Å². The molecule has 3 heterocycles. The Morgan fingerprint density at radius 1 is 0.500 bits per heavy atom. The third-order valence-electron chi connectivity index (χ3n) is 9.69. The summed E-state index contributed by atoms with van der Waals surface area (Å²) >= 11 is 0. The molecule has 1 aliphatic heterocycles. The van der Waals surface area contributed by atoms with Crippen molar-refractivity contribution < 1.29 is 4.42 Å². The Morgan fingerprint density at radius 3 is 1.88 bits per heavy atom. The number of benzene rings is 7. The van der Waals surface area contributed by atoms with Crippen LogP contribution in [0, 0.1) is 0 Å². The van der Waals surface area contributed by atoms with Gasteiger partial charge < -0.3 is 9.73 Å². The summed E-state index contributed by atoms with van der Waals surface area (Å²) in [4.78, 5) is 10.7. The molecule has 7 aromatic carbocycles. The Bertz CT molecular complexity index is 2780. The van der Waals surface area contributed by atoms with Gasteiger partial charge in [-0.05, 0) is 52.1 Å². The van der Waals surface area contributed by atoms with Crippen LogP contribution in [0.2, 0.25) is 0 Å². The molecule has 0 fully saturated rings. The molecule has 2 aromatic heterocycles. The molecular weight excluding hydrogens is 613 g/mol. The van der Waals surface area contributed by atoms with Crippen LogP contribution in [0.3, 0.4) is 0 Å². The van der Waals surface area contributed by atoms with Crippen LogP contribution in [-0.2, 0) is 0 Å². The van der Waals surface area contributed by atoms with Crippen molar-refractivity contribution in [2.24, 2.45) is 9.98 Å². The molecule has 10 rings (SSSR count). The van der Waals surface area contributed by atoms with Gasteiger partial charge in [-0.2, -0.15) is 4.99 Å². The maximum Gasteiger partial charge on any atom is 0.234 e. The van der Waals surface area contributed by atoms with Gasteiger partial charge in [-0.25, -0.2) is 4.99 Å². The maximum atomic E-state index is 6.51. The standard InChI is InChI=1S/C45H30N4O/c1-4-14-29(15-5-1)32-26-27-35-34-20-10-11-23-37(34)49(38(35)28-32)45-47-43(31-18-8-3-9-19-31)46-44(48-45)36-22-13-25-40-42(36)41-33(21-12-24-39(41)50-40)30-16-6-2-7-17-30/h1-28,43H,(H,46,47,48). The van der Waals surface area contributed by atoms with E-state index in [2.05, 4.69) is 149 Å². The first kappa shape index (κ1) is 28.3. The third-order valence-corrected chi connectivity index (χ3v) is 9.69. The van der Waals surface area contributed by atoms with E-state index < -0.39 is 0 Å². The number of para-hydroxylation sites is 1. The summed E-state index contributed by atoms with van der Waals surface area (Å²) in [6.07, 6.45) is -0.366. The van der Waals surface area contributed by atoms with Gasteiger partial charge in [0, 0.05) is 27.1 Å². The Morgan fingerprint density at radius 2 is 1.12 bits per heavy atom. The molecule has 50 heavy (non-hydrogen) atoms. The van der Waals surface area contributed by atoms with E-state index in [1.54, 1.807) is 0 Å². The lowest BCUT2D eigenvalue weighted by Crippen LogP contribution is -2.35. The molecule has 5 heteroatoms. The molecule has 1 aliphatic rings. The normalized spacial score (nSPS) is 14.6. The van der Waals surface area contributed by atoms with Crippen molar-refractivity contribution >= 4 is 55.5 Å². The van der Waals surface area contributed by atoms with E-state index in [9.17, 15) is 0 Å². The van der Waals surface area contributed by atoms with E-state index in [1.807, 2.05) is 30.3 Å². The van der Waals surface area contributed by atoms with Crippen LogP contribution in [0.25, 0.3) is 66.0 Å². The molecule has 0 saturated carbocycles. The summed E-state index contributed by atoms with van der Waals surface area (Å²) in [7, 11) is 0. The van der Waals surface area contributed by atoms with Gasteiger partial charge in [-0.3, -0.25) is 4.57 Å². The summed E-state index contributed by atoms with van der Waals surface area (Å²) in [5.41, 5.74) is 10.3. The van der Waals surface area contributed by atoms with Crippen LogP contribution in [0.5, 0.6) is 0 Å². The predicted octanol–water partition coefficient (Wildman–Crippen LogP) is 11.0. The summed E-state index contributed by atoms with van der Waals surface area (Å²) in [6, 6.07) is 59.1. The fraction of sp³-hybridized carbons (Fsp3) is 0.0222. The zero-order valence-electron chi connectivity index (χ0n) is 27.0. The average molecular weight is 643 g/mol. The maximum absolute atomic E-state index is 6.51. The Balaban J connectivity index is 1.24. The molecule has 1 N–H and O–H groups in total. The van der Waals surface area contributed by atoms with Crippen LogP contribution >= 0.6 is 0 Å². The van der Waals surface area contributed by atoms with E-state index in [1.165, 1.54) is 0 Å². The van der Waals surface area contributed by atoms with E-state index in [4.69, 9.17) is 14.4 Å². The molecule has 1 atom stereocenters. The van der Waals surface area contributed by atoms with Crippen LogP contribution < -0.4 is 5.32 Å². The highest BCUT2D eigenvalue weighted by Gasteiger charge is 2.26. The lowest BCUT2D eigenvalue weighted by Gasteiger charge is -2.24. The first-order valence-electron chi connectivity index (χ1n) is 16.9. The highest BCUT2D eigenvalue weighted by atomic mass is 16.3. The van der Waals surface area contributed by atoms with Crippen molar-refractivity contribution in [3.05, 3.63) is 181 Å². The molecular formula is C45H30N4O. The molecule has 0 radical (unpaired) electrons. The number of hydrogen-bond acceptors (Lipinski definition) is 4. The van der Waals surface area contributed by atoms with Gasteiger partial charge in [-0.1, -0.05) is 146 Å². The summed E-state index contributed by atoms with van der Waals surface area (Å²) in [5.74, 6) is 1.36. The number of nitrogens with zero attached hydrogens (tertiary/aromatic N) is 3. The highest BCUT2D eigenvalue weighted by molar-refractivity contribution is 6.24. The second kappa shape index (κ2) is 11.5. The minimum Gasteiger partial charge on any atom is -0.456 e. The second-order valence-electron chi connectivity index (χ2n) is 12.6. The summed E-state index contributed by atoms with van der Waals surface area (Å²) < 4.78 is 8.73. The third kappa shape index (κ3) is 4.55. The van der Waals surface area contributed by atoms with Crippen LogP contribution in [-0.4, -0.2) is 16.4 Å². The molecule has 9 aromatic rings. The molecule has 1 unspecified atom stereocenters. The average Bonchev–Trinajstić information content (AvgIpc) is 3.74. The molecule has 5 nitrogen and oxygen atoms in total. The van der Waals surface area contributed by atoms with Crippen molar-refractivity contribution in [2.75, 3.05) is 0 Å². The van der Waals surface area contributed by atoms with E-state index >= 15 is 0 Å². The Kier molecular flexibility index (Phi) is 6.49. The molecule has 0 bridgehead atoms.